The molecule has 0 radical (unpaired) electrons. The summed E-state index contributed by atoms with van der Waals surface area (Å²) in [6.45, 7) is 5.18. The molecule has 5 nitrogen and oxygen atoms in total. The molecule has 0 spiro atoms. The van der Waals surface area contributed by atoms with Crippen molar-refractivity contribution in [3.63, 3.8) is 0 Å². The predicted octanol–water partition coefficient (Wildman–Crippen LogP) is 5.33. The second kappa shape index (κ2) is 10.7. The topological polar surface area (TPSA) is 46.1 Å². The number of fused-ring (bicyclic) bond motifs is 1. The molecule has 7 heteroatoms. The molecule has 0 bridgehead atoms. The zero-order valence-corrected chi connectivity index (χ0v) is 20.4. The third-order valence-electron chi connectivity index (χ3n) is 6.47. The van der Waals surface area contributed by atoms with Gasteiger partial charge in [0.15, 0.2) is 0 Å². The average molecular weight is 472 g/mol. The molecule has 2 aromatic carbocycles. The van der Waals surface area contributed by atoms with Crippen molar-refractivity contribution < 1.29 is 9.47 Å². The summed E-state index contributed by atoms with van der Waals surface area (Å²) in [4.78, 5) is 3.64. The highest BCUT2D eigenvalue weighted by atomic mass is 33.1. The molecular formula is C25H33N3O2S2. The molecule has 0 amide bonds. The van der Waals surface area contributed by atoms with E-state index in [1.54, 1.807) is 0 Å². The van der Waals surface area contributed by atoms with E-state index >= 15 is 0 Å². The van der Waals surface area contributed by atoms with Crippen molar-refractivity contribution in [1.29, 1.82) is 0 Å². The molecule has 172 valence electrons. The molecule has 2 atom stereocenters. The van der Waals surface area contributed by atoms with Gasteiger partial charge >= 0.3 is 0 Å². The number of nitrogens with zero attached hydrogens (tertiary/aromatic N) is 2. The lowest BCUT2D eigenvalue weighted by molar-refractivity contribution is -0.00294. The molecule has 1 N–H and O–H groups in total. The molecule has 0 saturated carbocycles. The second-order valence-electron chi connectivity index (χ2n) is 8.97. The number of nitrogens with one attached hydrogen (secondary N) is 1. The molecule has 3 aliphatic rings. The van der Waals surface area contributed by atoms with Crippen LogP contribution in [0.2, 0.25) is 0 Å². The molecule has 2 fully saturated rings. The quantitative estimate of drug-likeness (QED) is 0.553. The van der Waals surface area contributed by atoms with E-state index in [1.807, 2.05) is 10.8 Å². The second-order valence-corrected chi connectivity index (χ2v) is 12.3. The lowest BCUT2D eigenvalue weighted by atomic mass is 9.99. The fourth-order valence-corrected chi connectivity index (χ4v) is 8.29. The molecule has 3 aliphatic heterocycles. The first kappa shape index (κ1) is 22.4. The van der Waals surface area contributed by atoms with Crippen molar-refractivity contribution in [2.24, 2.45) is 10.3 Å². The molecule has 2 aromatic rings. The van der Waals surface area contributed by atoms with Crippen LogP contribution < -0.4 is 10.1 Å². The summed E-state index contributed by atoms with van der Waals surface area (Å²) in [7, 11) is 3.74. The van der Waals surface area contributed by atoms with E-state index in [9.17, 15) is 0 Å². The highest BCUT2D eigenvalue weighted by molar-refractivity contribution is 8.70. The minimum absolute atomic E-state index is 0.0526. The Balaban J connectivity index is 1.34. The first-order chi connectivity index (χ1) is 15.7. The fourth-order valence-electron chi connectivity index (χ4n) is 4.45. The highest BCUT2D eigenvalue weighted by Gasteiger charge is 2.29. The summed E-state index contributed by atoms with van der Waals surface area (Å²) >= 11 is 0. The number of hydrogen-bond acceptors (Lipinski definition) is 6. The highest BCUT2D eigenvalue weighted by Crippen LogP contribution is 2.47. The number of piperidine rings is 2. The van der Waals surface area contributed by atoms with E-state index in [0.717, 1.165) is 57.1 Å². The van der Waals surface area contributed by atoms with Gasteiger partial charge in [0.05, 0.1) is 18.4 Å². The summed E-state index contributed by atoms with van der Waals surface area (Å²) < 4.78 is 18.1. The third kappa shape index (κ3) is 5.57. The number of likely N-dealkylation sites (tertiary alicyclic amines) is 1. The van der Waals surface area contributed by atoms with Gasteiger partial charge in [-0.25, -0.2) is 4.36 Å². The first-order valence-electron chi connectivity index (χ1n) is 11.7. The molecule has 2 saturated heterocycles. The van der Waals surface area contributed by atoms with Crippen LogP contribution in [0, 0.1) is 5.92 Å². The van der Waals surface area contributed by atoms with E-state index in [1.165, 1.54) is 23.3 Å². The lowest BCUT2D eigenvalue weighted by Gasteiger charge is -2.32. The van der Waals surface area contributed by atoms with Gasteiger partial charge in [-0.2, -0.15) is 0 Å². The fraction of sp³-hybridized carbons (Fsp3) is 0.520. The minimum Gasteiger partial charge on any atom is -0.493 e. The van der Waals surface area contributed by atoms with Gasteiger partial charge < -0.3 is 19.7 Å². The van der Waals surface area contributed by atoms with Gasteiger partial charge in [-0.1, -0.05) is 24.3 Å². The monoisotopic (exact) mass is 471 g/mol. The van der Waals surface area contributed by atoms with Crippen molar-refractivity contribution in [2.75, 3.05) is 39.8 Å². The van der Waals surface area contributed by atoms with Crippen LogP contribution in [-0.2, 0) is 14.5 Å². The van der Waals surface area contributed by atoms with Gasteiger partial charge in [0, 0.05) is 27.7 Å². The van der Waals surface area contributed by atoms with Gasteiger partial charge in [-0.05, 0) is 92.4 Å². The van der Waals surface area contributed by atoms with Crippen molar-refractivity contribution in [3.8, 4) is 5.75 Å². The van der Waals surface area contributed by atoms with Crippen LogP contribution in [0.1, 0.15) is 36.7 Å². The Bertz CT molecular complexity index is 940. The van der Waals surface area contributed by atoms with Crippen molar-refractivity contribution in [1.82, 2.24) is 10.2 Å². The van der Waals surface area contributed by atoms with Crippen molar-refractivity contribution >= 4 is 26.2 Å². The Morgan fingerprint density at radius 3 is 2.72 bits per heavy atom. The number of benzene rings is 2. The Labute approximate surface area is 197 Å². The molecule has 5 rings (SSSR count). The van der Waals surface area contributed by atoms with Gasteiger partial charge in [-0.15, -0.1) is 0 Å². The Hall–Kier alpha value is -1.38. The zero-order chi connectivity index (χ0) is 21.8. The zero-order valence-electron chi connectivity index (χ0n) is 18.7. The normalized spacial score (nSPS) is 23.5. The van der Waals surface area contributed by atoms with Gasteiger partial charge in [0.2, 0.25) is 0 Å². The van der Waals surface area contributed by atoms with E-state index in [0.29, 0.717) is 5.92 Å². The maximum Gasteiger partial charge on any atom is 0.149 e. The summed E-state index contributed by atoms with van der Waals surface area (Å²) in [5.74, 6) is 1.59. The minimum atomic E-state index is -0.297. The summed E-state index contributed by atoms with van der Waals surface area (Å²) in [5, 5.41) is 3.43. The lowest BCUT2D eigenvalue weighted by Crippen LogP contribution is -2.35. The van der Waals surface area contributed by atoms with Gasteiger partial charge in [0.25, 0.3) is 0 Å². The van der Waals surface area contributed by atoms with Crippen LogP contribution >= 0.6 is 10.8 Å². The number of ether oxygens (including phenoxy) is 2. The first-order valence-corrected chi connectivity index (χ1v) is 14.3. The maximum absolute atomic E-state index is 6.80. The molecule has 2 unspecified atom stereocenters. The Morgan fingerprint density at radius 2 is 1.91 bits per heavy atom. The van der Waals surface area contributed by atoms with Crippen LogP contribution in [0.25, 0.3) is 0 Å². The molecule has 0 aliphatic carbocycles. The van der Waals surface area contributed by atoms with E-state index in [4.69, 9.17) is 13.8 Å². The predicted molar refractivity (Wildman–Crippen MR) is 134 cm³/mol. The summed E-state index contributed by atoms with van der Waals surface area (Å²) in [6.07, 6.45) is 4.82. The average Bonchev–Trinajstić information content (AvgIpc) is 3.27. The van der Waals surface area contributed by atoms with Crippen LogP contribution in [0.15, 0.2) is 57.8 Å². The number of rotatable bonds is 7. The summed E-state index contributed by atoms with van der Waals surface area (Å²) in [6, 6.07) is 17.0. The van der Waals surface area contributed by atoms with Crippen LogP contribution in [0.3, 0.4) is 0 Å². The third-order valence-corrected chi connectivity index (χ3v) is 10.1. The largest absolute Gasteiger partial charge is 0.493 e. The van der Waals surface area contributed by atoms with E-state index in [2.05, 4.69) is 65.8 Å². The smallest absolute Gasteiger partial charge is 0.149 e. The summed E-state index contributed by atoms with van der Waals surface area (Å²) in [5.41, 5.74) is 2.22. The van der Waals surface area contributed by atoms with Gasteiger partial charge in [0.1, 0.15) is 11.2 Å². The van der Waals surface area contributed by atoms with Crippen LogP contribution in [0.4, 0.5) is 5.69 Å². The molecule has 32 heavy (non-hydrogen) atoms. The van der Waals surface area contributed by atoms with Crippen LogP contribution in [-0.4, -0.2) is 50.8 Å². The van der Waals surface area contributed by atoms with E-state index < -0.39 is 0 Å². The maximum atomic E-state index is 6.80. The van der Waals surface area contributed by atoms with Crippen molar-refractivity contribution in [2.45, 2.75) is 42.1 Å². The van der Waals surface area contributed by atoms with Crippen molar-refractivity contribution in [3.05, 3.63) is 54.1 Å². The Kier molecular flexibility index (Phi) is 7.49. The standard InChI is InChI=1S/C25H33N3O2S2/c1-28-15-11-21(12-16-28)30-25(32-27-23-7-2-3-8-24(23)31-32)20-5-4-6-22(17-20)29-18-19-9-13-26-14-10-19/h2-8,17,19,21,25-26H,9-16,18H2,1H3. The molecule has 0 aromatic heterocycles. The SMILES string of the molecule is CN1CCC(OC(c2cccc(OCC3CCNCC3)c2)S2=Nc3ccccc3S2)CC1. The molecule has 3 heterocycles. The van der Waals surface area contributed by atoms with E-state index in [-0.39, 0.29) is 21.3 Å². The Morgan fingerprint density at radius 1 is 1.09 bits per heavy atom. The van der Waals surface area contributed by atoms with Crippen LogP contribution in [0.5, 0.6) is 5.75 Å². The van der Waals surface area contributed by atoms with Gasteiger partial charge in [-0.3, -0.25) is 0 Å². The molecular weight excluding hydrogens is 438 g/mol. The number of hydrogen-bond donors (Lipinski definition) is 1.